The molecule has 0 bridgehead atoms. The Morgan fingerprint density at radius 3 is 2.62 bits per heavy atom. The van der Waals surface area contributed by atoms with Crippen molar-refractivity contribution in [2.24, 2.45) is 23.7 Å². The Hall–Kier alpha value is -3.49. The Balaban J connectivity index is 1.04. The summed E-state index contributed by atoms with van der Waals surface area (Å²) in [6.07, 6.45) is 11.0. The highest BCUT2D eigenvalue weighted by molar-refractivity contribution is 6.30. The van der Waals surface area contributed by atoms with Crippen LogP contribution in [0.1, 0.15) is 100 Å². The van der Waals surface area contributed by atoms with Crippen LogP contribution in [0.2, 0.25) is 5.02 Å². The van der Waals surface area contributed by atoms with Gasteiger partial charge in [0, 0.05) is 47.2 Å². The maximum absolute atomic E-state index is 13.1. The number of aryl methyl sites for hydroxylation is 1. The van der Waals surface area contributed by atoms with Crippen molar-refractivity contribution in [1.29, 1.82) is 0 Å². The standard InChI is InChI=1S/C44H56ClN3O5/c1-28-11-17-48(23-28)24-31-26-52-39-20-32-19-33(18-29(2)25-51-38-10-16-46-37-9-4-6-30(3)41(37)38)43(36(32)22-40(39)53-27-31)12-14-44(15-13-43,42(49)50)47-35-8-5-7-34(45)21-35/h5,7-8,10,16,20-22,28-31,33,47H,4,6,9,11-15,17-19,23-27H2,1-3H3,(H,49,50)/t28-,29-,30-,31?,33+,43?,44?/m1/s1. The number of carboxylic acid groups (broad SMARTS) is 1. The van der Waals surface area contributed by atoms with E-state index in [0.29, 0.717) is 61.4 Å². The summed E-state index contributed by atoms with van der Waals surface area (Å²) in [5.74, 6) is 4.05. The molecule has 3 heterocycles. The average molecular weight is 742 g/mol. The van der Waals surface area contributed by atoms with Crippen molar-refractivity contribution in [2.45, 2.75) is 102 Å². The van der Waals surface area contributed by atoms with E-state index in [1.54, 1.807) is 0 Å². The lowest BCUT2D eigenvalue weighted by atomic mass is 9.59. The Labute approximate surface area is 319 Å². The molecule has 9 heteroatoms. The lowest BCUT2D eigenvalue weighted by Gasteiger charge is -2.47. The van der Waals surface area contributed by atoms with Crippen LogP contribution in [-0.2, 0) is 23.1 Å². The van der Waals surface area contributed by atoms with E-state index >= 15 is 0 Å². The van der Waals surface area contributed by atoms with Gasteiger partial charge in [-0.2, -0.15) is 0 Å². The molecule has 1 aromatic heterocycles. The first-order valence-corrected chi connectivity index (χ1v) is 20.5. The number of ether oxygens (including phenoxy) is 3. The van der Waals surface area contributed by atoms with Gasteiger partial charge in [-0.1, -0.05) is 38.4 Å². The van der Waals surface area contributed by atoms with Crippen molar-refractivity contribution >= 4 is 23.3 Å². The van der Waals surface area contributed by atoms with E-state index in [1.807, 2.05) is 36.5 Å². The van der Waals surface area contributed by atoms with Gasteiger partial charge in [-0.15, -0.1) is 0 Å². The summed E-state index contributed by atoms with van der Waals surface area (Å²) in [6, 6.07) is 14.0. The van der Waals surface area contributed by atoms with Gasteiger partial charge in [-0.3, -0.25) is 4.98 Å². The van der Waals surface area contributed by atoms with Crippen molar-refractivity contribution in [1.82, 2.24) is 9.88 Å². The van der Waals surface area contributed by atoms with E-state index < -0.39 is 11.5 Å². The third-order valence-electron chi connectivity index (χ3n) is 13.3. The fourth-order valence-electron chi connectivity index (χ4n) is 10.5. The van der Waals surface area contributed by atoms with Crippen LogP contribution in [0.3, 0.4) is 0 Å². The summed E-state index contributed by atoms with van der Waals surface area (Å²) in [7, 11) is 0. The number of fused-ring (bicyclic) bond motifs is 4. The molecule has 1 saturated carbocycles. The largest absolute Gasteiger partial charge is 0.493 e. The van der Waals surface area contributed by atoms with Crippen LogP contribution in [0.4, 0.5) is 5.69 Å². The first-order chi connectivity index (χ1) is 25.6. The first kappa shape index (κ1) is 36.5. The molecule has 2 fully saturated rings. The lowest BCUT2D eigenvalue weighted by molar-refractivity contribution is -0.144. The summed E-state index contributed by atoms with van der Waals surface area (Å²) in [6.45, 7) is 12.2. The van der Waals surface area contributed by atoms with E-state index in [0.717, 1.165) is 80.6 Å². The number of aliphatic carboxylic acids is 1. The highest BCUT2D eigenvalue weighted by Crippen LogP contribution is 2.58. The molecule has 284 valence electrons. The van der Waals surface area contributed by atoms with Gasteiger partial charge in [0.2, 0.25) is 0 Å². The fourth-order valence-corrected chi connectivity index (χ4v) is 10.7. The van der Waals surface area contributed by atoms with Crippen LogP contribution >= 0.6 is 11.6 Å². The second-order valence-electron chi connectivity index (χ2n) is 17.3. The van der Waals surface area contributed by atoms with Crippen LogP contribution in [0, 0.1) is 23.7 Å². The van der Waals surface area contributed by atoms with Crippen LogP contribution in [0.15, 0.2) is 48.7 Å². The summed E-state index contributed by atoms with van der Waals surface area (Å²) < 4.78 is 19.7. The Morgan fingerprint density at radius 1 is 1.09 bits per heavy atom. The van der Waals surface area contributed by atoms with Crippen molar-refractivity contribution in [3.8, 4) is 17.2 Å². The van der Waals surface area contributed by atoms with Gasteiger partial charge < -0.3 is 29.5 Å². The van der Waals surface area contributed by atoms with Crippen molar-refractivity contribution in [3.63, 3.8) is 0 Å². The van der Waals surface area contributed by atoms with Gasteiger partial charge in [0.1, 0.15) is 11.3 Å². The lowest BCUT2D eigenvalue weighted by Crippen LogP contribution is -2.53. The number of halogens is 1. The summed E-state index contributed by atoms with van der Waals surface area (Å²) in [5, 5.41) is 14.7. The molecule has 8 nitrogen and oxygen atoms in total. The normalized spacial score (nSPS) is 30.0. The van der Waals surface area contributed by atoms with Crippen LogP contribution in [-0.4, -0.2) is 66.0 Å². The number of nitrogens with one attached hydrogen (secondary N) is 1. The number of benzene rings is 2. The predicted octanol–water partition coefficient (Wildman–Crippen LogP) is 8.93. The Kier molecular flexibility index (Phi) is 10.3. The van der Waals surface area contributed by atoms with Crippen molar-refractivity contribution in [3.05, 3.63) is 76.1 Å². The molecule has 8 rings (SSSR count). The van der Waals surface area contributed by atoms with Gasteiger partial charge in [0.15, 0.2) is 11.5 Å². The molecule has 0 amide bonds. The number of likely N-dealkylation sites (tertiary alicyclic amines) is 1. The molecule has 53 heavy (non-hydrogen) atoms. The SMILES string of the molecule is C[C@@H]1CCN(CC2COc3cc4c(cc3OC2)C2(CCC(Nc3cccc(Cl)c3)(C(=O)O)CC2)[C@@H](C[C@@H](C)COc2ccnc3c2[C@H](C)CCC3)C4)C1. The average Bonchev–Trinajstić information content (AvgIpc) is 3.60. The number of rotatable bonds is 10. The molecule has 2 aliphatic heterocycles. The summed E-state index contributed by atoms with van der Waals surface area (Å²) >= 11 is 6.32. The topological polar surface area (TPSA) is 93.2 Å². The number of hydrogen-bond donors (Lipinski definition) is 2. The summed E-state index contributed by atoms with van der Waals surface area (Å²) in [4.78, 5) is 20.3. The van der Waals surface area contributed by atoms with Gasteiger partial charge in [-0.05, 0) is 147 Å². The molecule has 0 radical (unpaired) electrons. The van der Waals surface area contributed by atoms with E-state index in [9.17, 15) is 9.90 Å². The second kappa shape index (κ2) is 15.0. The number of anilines is 1. The number of carbonyl (C=O) groups is 1. The zero-order valence-electron chi connectivity index (χ0n) is 31.7. The van der Waals surface area contributed by atoms with Crippen molar-refractivity contribution in [2.75, 3.05) is 44.8 Å². The number of pyridine rings is 1. The molecule has 1 unspecified atom stereocenters. The summed E-state index contributed by atoms with van der Waals surface area (Å²) in [5.41, 5.74) is 4.63. The first-order valence-electron chi connectivity index (χ1n) is 20.1. The van der Waals surface area contributed by atoms with Crippen LogP contribution in [0.25, 0.3) is 0 Å². The molecule has 1 spiro atoms. The smallest absolute Gasteiger partial charge is 0.329 e. The monoisotopic (exact) mass is 741 g/mol. The zero-order valence-corrected chi connectivity index (χ0v) is 32.4. The molecule has 5 aliphatic rings. The van der Waals surface area contributed by atoms with Gasteiger partial charge >= 0.3 is 5.97 Å². The third-order valence-corrected chi connectivity index (χ3v) is 13.6. The molecular formula is C44H56ClN3O5. The fraction of sp³-hybridized carbons (Fsp3) is 0.591. The Morgan fingerprint density at radius 2 is 1.89 bits per heavy atom. The molecule has 1 saturated heterocycles. The predicted molar refractivity (Wildman–Crippen MR) is 209 cm³/mol. The maximum Gasteiger partial charge on any atom is 0.329 e. The van der Waals surface area contributed by atoms with E-state index in [4.69, 9.17) is 25.8 Å². The maximum atomic E-state index is 13.1. The minimum atomic E-state index is -1.07. The zero-order chi connectivity index (χ0) is 36.7. The van der Waals surface area contributed by atoms with Gasteiger partial charge in [0.25, 0.3) is 0 Å². The highest BCUT2D eigenvalue weighted by Gasteiger charge is 2.54. The molecule has 2 N–H and O–H groups in total. The van der Waals surface area contributed by atoms with E-state index in [2.05, 4.69) is 48.1 Å². The quantitative estimate of drug-likeness (QED) is 0.213. The molecule has 5 atom stereocenters. The minimum absolute atomic E-state index is 0.168. The number of carboxylic acids is 1. The second-order valence-corrected chi connectivity index (χ2v) is 17.7. The van der Waals surface area contributed by atoms with E-state index in [-0.39, 0.29) is 5.41 Å². The highest BCUT2D eigenvalue weighted by atomic mass is 35.5. The minimum Gasteiger partial charge on any atom is -0.493 e. The van der Waals surface area contributed by atoms with Gasteiger partial charge in [0.05, 0.1) is 19.8 Å². The Bertz CT molecular complexity index is 1810. The number of nitrogens with zero attached hydrogens (tertiary/aromatic N) is 2. The molecule has 3 aromatic rings. The van der Waals surface area contributed by atoms with Crippen molar-refractivity contribution < 1.29 is 24.1 Å². The number of aromatic nitrogens is 1. The van der Waals surface area contributed by atoms with Gasteiger partial charge in [-0.25, -0.2) is 4.79 Å². The molecular weight excluding hydrogens is 686 g/mol. The molecule has 2 aromatic carbocycles. The van der Waals surface area contributed by atoms with Crippen LogP contribution in [0.5, 0.6) is 17.2 Å². The molecule has 3 aliphatic carbocycles. The van der Waals surface area contributed by atoms with E-state index in [1.165, 1.54) is 41.6 Å². The number of hydrogen-bond acceptors (Lipinski definition) is 7. The third kappa shape index (κ3) is 7.35. The van der Waals surface area contributed by atoms with Crippen LogP contribution < -0.4 is 19.5 Å².